The lowest BCUT2D eigenvalue weighted by Gasteiger charge is -2.13. The summed E-state index contributed by atoms with van der Waals surface area (Å²) in [6, 6.07) is -0.507. The van der Waals surface area contributed by atoms with Gasteiger partial charge in [0.1, 0.15) is 6.54 Å². The Hall–Kier alpha value is -1.63. The molecule has 0 spiro atoms. The van der Waals surface area contributed by atoms with Gasteiger partial charge < -0.3 is 15.5 Å². The van der Waals surface area contributed by atoms with Crippen molar-refractivity contribution in [1.29, 1.82) is 0 Å². The normalized spacial score (nSPS) is 15.6. The van der Waals surface area contributed by atoms with Gasteiger partial charge in [-0.2, -0.15) is 0 Å². The molecule has 1 fully saturated rings. The second-order valence-electron chi connectivity index (χ2n) is 3.79. The third-order valence-electron chi connectivity index (χ3n) is 2.12. The van der Waals surface area contributed by atoms with Gasteiger partial charge in [0, 0.05) is 13.1 Å². The van der Waals surface area contributed by atoms with E-state index in [1.807, 2.05) is 19.0 Å². The summed E-state index contributed by atoms with van der Waals surface area (Å²) in [4.78, 5) is 36.5. The Bertz CT molecular complexity index is 287. The highest BCUT2D eigenvalue weighted by atomic mass is 16.2. The minimum atomic E-state index is -0.507. The Morgan fingerprint density at radius 3 is 2.69 bits per heavy atom. The average Bonchev–Trinajstić information content (AvgIpc) is 2.49. The number of imide groups is 1. The van der Waals surface area contributed by atoms with Gasteiger partial charge in [0.05, 0.1) is 6.54 Å². The summed E-state index contributed by atoms with van der Waals surface area (Å²) in [6.45, 7) is 0.975. The molecule has 2 N–H and O–H groups in total. The third-order valence-corrected chi connectivity index (χ3v) is 2.12. The molecule has 1 aliphatic rings. The lowest BCUT2D eigenvalue weighted by molar-refractivity contribution is -0.130. The molecule has 16 heavy (non-hydrogen) atoms. The van der Waals surface area contributed by atoms with E-state index in [1.54, 1.807) is 0 Å². The van der Waals surface area contributed by atoms with Crippen LogP contribution < -0.4 is 10.6 Å². The number of nitrogens with zero attached hydrogens (tertiary/aromatic N) is 2. The van der Waals surface area contributed by atoms with Crippen LogP contribution in [0.5, 0.6) is 0 Å². The Morgan fingerprint density at radius 1 is 1.50 bits per heavy atom. The van der Waals surface area contributed by atoms with E-state index < -0.39 is 6.03 Å². The fourth-order valence-electron chi connectivity index (χ4n) is 1.23. The van der Waals surface area contributed by atoms with Crippen molar-refractivity contribution in [3.63, 3.8) is 0 Å². The van der Waals surface area contributed by atoms with Crippen molar-refractivity contribution in [2.45, 2.75) is 0 Å². The first-order valence-corrected chi connectivity index (χ1v) is 5.00. The van der Waals surface area contributed by atoms with Crippen LogP contribution in [-0.4, -0.2) is 67.9 Å². The molecule has 1 saturated heterocycles. The van der Waals surface area contributed by atoms with Crippen molar-refractivity contribution in [2.24, 2.45) is 0 Å². The van der Waals surface area contributed by atoms with Gasteiger partial charge in [0.15, 0.2) is 0 Å². The van der Waals surface area contributed by atoms with Gasteiger partial charge in [-0.15, -0.1) is 0 Å². The maximum atomic E-state index is 11.4. The number of nitrogens with one attached hydrogen (secondary N) is 2. The molecule has 0 aromatic rings. The molecule has 4 amide bonds. The molecule has 1 heterocycles. The number of amides is 4. The fourth-order valence-corrected chi connectivity index (χ4v) is 1.23. The predicted molar refractivity (Wildman–Crippen MR) is 56.7 cm³/mol. The summed E-state index contributed by atoms with van der Waals surface area (Å²) < 4.78 is 0. The fraction of sp³-hybridized carbons (Fsp3) is 0.667. The van der Waals surface area contributed by atoms with Crippen LogP contribution in [0.15, 0.2) is 0 Å². The molecular weight excluding hydrogens is 212 g/mol. The zero-order valence-electron chi connectivity index (χ0n) is 9.45. The molecule has 0 saturated carbocycles. The smallest absolute Gasteiger partial charge is 0.325 e. The summed E-state index contributed by atoms with van der Waals surface area (Å²) in [5.74, 6) is -0.694. The van der Waals surface area contributed by atoms with Crippen molar-refractivity contribution < 1.29 is 14.4 Å². The maximum Gasteiger partial charge on any atom is 0.325 e. The second-order valence-corrected chi connectivity index (χ2v) is 3.79. The standard InChI is InChI=1S/C9H16N4O3/c1-12(2)4-3-10-7(14)6-13-8(15)5-11-9(13)16/h3-6H2,1-2H3,(H,10,14)(H,11,16). The summed E-state index contributed by atoms with van der Waals surface area (Å²) in [5.41, 5.74) is 0. The SMILES string of the molecule is CN(C)CCNC(=O)CN1C(=O)CNC1=O. The van der Waals surface area contributed by atoms with Crippen LogP contribution in [0.25, 0.3) is 0 Å². The van der Waals surface area contributed by atoms with Crippen molar-refractivity contribution in [1.82, 2.24) is 20.4 Å². The molecule has 0 radical (unpaired) electrons. The number of rotatable bonds is 5. The first-order chi connectivity index (χ1) is 7.50. The average molecular weight is 228 g/mol. The van der Waals surface area contributed by atoms with Gasteiger partial charge in [0.2, 0.25) is 5.91 Å². The van der Waals surface area contributed by atoms with E-state index >= 15 is 0 Å². The van der Waals surface area contributed by atoms with E-state index in [0.29, 0.717) is 13.1 Å². The summed E-state index contributed by atoms with van der Waals surface area (Å²) in [6.07, 6.45) is 0. The molecule has 0 aromatic heterocycles. The third kappa shape index (κ3) is 3.50. The van der Waals surface area contributed by atoms with Crippen LogP contribution in [0.3, 0.4) is 0 Å². The van der Waals surface area contributed by atoms with E-state index in [4.69, 9.17) is 0 Å². The Kier molecular flexibility index (Phi) is 4.24. The monoisotopic (exact) mass is 228 g/mol. The van der Waals surface area contributed by atoms with Crippen molar-refractivity contribution in [2.75, 3.05) is 40.3 Å². The molecule has 1 aliphatic heterocycles. The molecule has 0 bridgehead atoms. The predicted octanol–water partition coefficient (Wildman–Crippen LogP) is -1.78. The number of carbonyl (C=O) groups excluding carboxylic acids is 3. The van der Waals surface area contributed by atoms with E-state index in [1.165, 1.54) is 0 Å². The number of likely N-dealkylation sites (N-methyl/N-ethyl adjacent to an activating group) is 1. The lowest BCUT2D eigenvalue weighted by atomic mass is 10.4. The molecule has 7 heteroatoms. The van der Waals surface area contributed by atoms with Gasteiger partial charge in [-0.3, -0.25) is 14.5 Å². The molecule has 0 unspecified atom stereocenters. The van der Waals surface area contributed by atoms with Crippen LogP contribution in [0.1, 0.15) is 0 Å². The summed E-state index contributed by atoms with van der Waals surface area (Å²) in [7, 11) is 3.78. The molecule has 7 nitrogen and oxygen atoms in total. The van der Waals surface area contributed by atoms with Crippen molar-refractivity contribution >= 4 is 17.8 Å². The van der Waals surface area contributed by atoms with Crippen LogP contribution in [0, 0.1) is 0 Å². The van der Waals surface area contributed by atoms with Gasteiger partial charge >= 0.3 is 6.03 Å². The highest BCUT2D eigenvalue weighted by molar-refractivity contribution is 6.04. The van der Waals surface area contributed by atoms with Gasteiger partial charge in [-0.25, -0.2) is 4.79 Å². The topological polar surface area (TPSA) is 81.8 Å². The van der Waals surface area contributed by atoms with Crippen LogP contribution in [-0.2, 0) is 9.59 Å². The largest absolute Gasteiger partial charge is 0.353 e. The molecule has 90 valence electrons. The number of carbonyl (C=O) groups is 3. The minimum absolute atomic E-state index is 0.0240. The van der Waals surface area contributed by atoms with Gasteiger partial charge in [-0.05, 0) is 14.1 Å². The Morgan fingerprint density at radius 2 is 2.19 bits per heavy atom. The quantitative estimate of drug-likeness (QED) is 0.545. The van der Waals surface area contributed by atoms with E-state index in [9.17, 15) is 14.4 Å². The molecule has 1 rings (SSSR count). The van der Waals surface area contributed by atoms with E-state index in [-0.39, 0.29) is 24.9 Å². The second kappa shape index (κ2) is 5.45. The number of hydrogen-bond acceptors (Lipinski definition) is 4. The maximum absolute atomic E-state index is 11.4. The Labute approximate surface area is 93.8 Å². The van der Waals surface area contributed by atoms with Crippen LogP contribution in [0.4, 0.5) is 4.79 Å². The molecule has 0 aliphatic carbocycles. The van der Waals surface area contributed by atoms with Crippen LogP contribution >= 0.6 is 0 Å². The number of urea groups is 1. The zero-order valence-corrected chi connectivity index (χ0v) is 9.45. The van der Waals surface area contributed by atoms with Gasteiger partial charge in [-0.1, -0.05) is 0 Å². The van der Waals surface area contributed by atoms with E-state index in [2.05, 4.69) is 10.6 Å². The molecule has 0 atom stereocenters. The molecule has 0 aromatic carbocycles. The lowest BCUT2D eigenvalue weighted by Crippen LogP contribution is -2.42. The zero-order chi connectivity index (χ0) is 12.1. The van der Waals surface area contributed by atoms with Crippen molar-refractivity contribution in [3.8, 4) is 0 Å². The van der Waals surface area contributed by atoms with Crippen molar-refractivity contribution in [3.05, 3.63) is 0 Å². The number of hydrogen-bond donors (Lipinski definition) is 2. The van der Waals surface area contributed by atoms with Gasteiger partial charge in [0.25, 0.3) is 5.91 Å². The van der Waals surface area contributed by atoms with E-state index in [0.717, 1.165) is 4.90 Å². The minimum Gasteiger partial charge on any atom is -0.353 e. The first-order valence-electron chi connectivity index (χ1n) is 5.00. The van der Waals surface area contributed by atoms with Crippen LogP contribution in [0.2, 0.25) is 0 Å². The molecular formula is C9H16N4O3. The summed E-state index contributed by atoms with van der Waals surface area (Å²) in [5, 5.41) is 4.98. The Balaban J connectivity index is 2.28. The first kappa shape index (κ1) is 12.4. The summed E-state index contributed by atoms with van der Waals surface area (Å²) >= 11 is 0. The highest BCUT2D eigenvalue weighted by Gasteiger charge is 2.29. The highest BCUT2D eigenvalue weighted by Crippen LogP contribution is 1.97.